The molecule has 0 amide bonds. The summed E-state index contributed by atoms with van der Waals surface area (Å²) in [5, 5.41) is 0. The first-order valence-electron chi connectivity index (χ1n) is 0. The van der Waals surface area contributed by atoms with Gasteiger partial charge in [-0.2, -0.15) is 0 Å². The van der Waals surface area contributed by atoms with Crippen molar-refractivity contribution in [3.8, 4) is 0 Å². The first-order valence-corrected chi connectivity index (χ1v) is 0. The van der Waals surface area contributed by atoms with Crippen molar-refractivity contribution in [2.45, 2.75) is 0 Å². The van der Waals surface area contributed by atoms with E-state index in [0.29, 0.717) is 0 Å². The van der Waals surface area contributed by atoms with Crippen LogP contribution in [-0.2, 0) is 0 Å². The Kier molecular flexibility index (Phi) is 4370. The minimum atomic E-state index is 0. The minimum absolute atomic E-state index is 0. The zero-order valence-corrected chi connectivity index (χ0v) is 7.24. The summed E-state index contributed by atoms with van der Waals surface area (Å²) < 4.78 is 0. The maximum atomic E-state index is 0. The van der Waals surface area contributed by atoms with E-state index in [0.717, 1.165) is 0 Å². The van der Waals surface area contributed by atoms with E-state index in [1.807, 2.05) is 0 Å². The molecule has 0 aromatic carbocycles. The molecule has 0 unspecified atom stereocenters. The van der Waals surface area contributed by atoms with Gasteiger partial charge < -0.3 is 27.4 Å². The average molecular weight is 333 g/mol. The molecule has 0 rings (SSSR count). The van der Waals surface area contributed by atoms with Crippen molar-refractivity contribution >= 4 is 50.3 Å². The van der Waals surface area contributed by atoms with Gasteiger partial charge in [-0.25, -0.2) is 0 Å². The Morgan fingerprint density at radius 3 is 0.429 bits per heavy atom. The van der Waals surface area contributed by atoms with Gasteiger partial charge in [0.2, 0.25) is 0 Å². The van der Waals surface area contributed by atoms with Gasteiger partial charge in [0.25, 0.3) is 0 Å². The van der Waals surface area contributed by atoms with Gasteiger partial charge in [-0.15, -0.1) is 0 Å². The van der Waals surface area contributed by atoms with Gasteiger partial charge in [0.05, 0.1) is 0 Å². The van der Waals surface area contributed by atoms with E-state index in [-0.39, 0.29) is 77.7 Å². The second-order valence-electron chi connectivity index (χ2n) is 0. The standard InChI is InChI=1S/In.5H2O.Sb.6H/h;5*1H2;;;;;;;. The molecule has 0 saturated carbocycles. The number of hydrogen-bond donors (Lipinski definition) is 0. The van der Waals surface area contributed by atoms with Crippen LogP contribution in [0.25, 0.3) is 0 Å². The first kappa shape index (κ1) is 215. The molecule has 7 heavy (non-hydrogen) atoms. The first-order chi connectivity index (χ1) is 0. The summed E-state index contributed by atoms with van der Waals surface area (Å²) in [5.74, 6) is 0. The van der Waals surface area contributed by atoms with E-state index in [4.69, 9.17) is 0 Å². The van der Waals surface area contributed by atoms with Crippen LogP contribution in [0.4, 0.5) is 0 Å². The van der Waals surface area contributed by atoms with Crippen molar-refractivity contribution < 1.29 is 27.4 Å². The van der Waals surface area contributed by atoms with Crippen molar-refractivity contribution in [2.75, 3.05) is 0 Å². The van der Waals surface area contributed by atoms with E-state index >= 15 is 0 Å². The molecule has 5 nitrogen and oxygen atoms in total. The van der Waals surface area contributed by atoms with E-state index in [1.54, 1.807) is 0 Å². The fourth-order valence-electron chi connectivity index (χ4n) is 0. The van der Waals surface area contributed by atoms with Gasteiger partial charge in [0, 0.05) is 0 Å². The predicted molar refractivity (Wildman–Crippen MR) is 37.9 cm³/mol. The molecule has 0 aliphatic heterocycles. The van der Waals surface area contributed by atoms with Crippen LogP contribution in [0.5, 0.6) is 0 Å². The molecule has 0 aliphatic rings. The Hall–Kier alpha value is 1.49. The van der Waals surface area contributed by atoms with Crippen LogP contribution in [0, 0.1) is 0 Å². The van der Waals surface area contributed by atoms with Gasteiger partial charge in [-0.05, 0) is 0 Å². The Labute approximate surface area is 77.3 Å². The summed E-state index contributed by atoms with van der Waals surface area (Å²) in [7, 11) is 0. The van der Waals surface area contributed by atoms with Gasteiger partial charge in [0.15, 0.2) is 0 Å². The molecule has 0 atom stereocenters. The Balaban J connectivity index is 0. The molecule has 0 spiro atoms. The molecule has 0 aromatic rings. The Bertz CT molecular complexity index is 8.04. The number of rotatable bonds is 0. The molecule has 0 radical (unpaired) electrons. The van der Waals surface area contributed by atoms with Gasteiger partial charge in [0.1, 0.15) is 0 Å². The summed E-state index contributed by atoms with van der Waals surface area (Å²) in [6.45, 7) is 0. The zero-order valence-electron chi connectivity index (χ0n) is 3.21. The van der Waals surface area contributed by atoms with Gasteiger partial charge in [-0.1, -0.05) is 0 Å². The molecule has 0 aliphatic carbocycles. The third-order valence-corrected chi connectivity index (χ3v) is 0. The van der Waals surface area contributed by atoms with Crippen LogP contribution in [0.15, 0.2) is 0 Å². The van der Waals surface area contributed by atoms with Crippen molar-refractivity contribution in [1.29, 1.82) is 0 Å². The van der Waals surface area contributed by atoms with Crippen molar-refractivity contribution in [1.82, 2.24) is 0 Å². The summed E-state index contributed by atoms with van der Waals surface area (Å²) in [4.78, 5) is 0. The van der Waals surface area contributed by atoms with Crippen LogP contribution < -0.4 is 0 Å². The van der Waals surface area contributed by atoms with E-state index in [9.17, 15) is 0 Å². The number of hydrogen-bond acceptors (Lipinski definition) is 0. The second kappa shape index (κ2) is 142. The average Bonchev–Trinajstić information content (AvgIpc) is 0. The summed E-state index contributed by atoms with van der Waals surface area (Å²) >= 11 is 0. The summed E-state index contributed by atoms with van der Waals surface area (Å²) in [6, 6.07) is 0. The van der Waals surface area contributed by atoms with Crippen LogP contribution in [0.2, 0.25) is 0 Å². The molecule has 0 saturated heterocycles. The van der Waals surface area contributed by atoms with E-state index in [1.165, 1.54) is 0 Å². The Morgan fingerprint density at radius 1 is 0.429 bits per heavy atom. The van der Waals surface area contributed by atoms with Gasteiger partial charge >= 0.3 is 50.3 Å². The van der Waals surface area contributed by atoms with E-state index in [2.05, 4.69) is 0 Å². The third-order valence-electron chi connectivity index (χ3n) is 0. The van der Waals surface area contributed by atoms with Crippen LogP contribution in [-0.4, -0.2) is 77.7 Å². The third kappa shape index (κ3) is 102. The molecule has 0 fully saturated rings. The summed E-state index contributed by atoms with van der Waals surface area (Å²) in [5.41, 5.74) is 0. The fourth-order valence-corrected chi connectivity index (χ4v) is 0. The SMILES string of the molecule is O.O.O.O.O.[InH3].[SbH3]. The van der Waals surface area contributed by atoms with Crippen molar-refractivity contribution in [2.24, 2.45) is 0 Å². The van der Waals surface area contributed by atoms with E-state index < -0.39 is 0 Å². The fraction of sp³-hybridized carbons (Fsp3) is 0. The molecular formula is H16InO5Sb. The second-order valence-corrected chi connectivity index (χ2v) is 0. The van der Waals surface area contributed by atoms with Gasteiger partial charge in [-0.3, -0.25) is 0 Å². The maximum absolute atomic E-state index is 0. The van der Waals surface area contributed by atoms with Crippen LogP contribution in [0.3, 0.4) is 0 Å². The molecule has 0 heterocycles. The monoisotopic (exact) mass is 332 g/mol. The molecule has 54 valence electrons. The molecule has 0 aromatic heterocycles. The zero-order chi connectivity index (χ0) is 0. The molecular weight excluding hydrogens is 317 g/mol. The molecule has 10 N–H and O–H groups in total. The van der Waals surface area contributed by atoms with Crippen LogP contribution in [0.1, 0.15) is 0 Å². The van der Waals surface area contributed by atoms with Crippen molar-refractivity contribution in [3.05, 3.63) is 0 Å². The topological polar surface area (TPSA) is 158 Å². The molecule has 0 bridgehead atoms. The van der Waals surface area contributed by atoms with Crippen LogP contribution >= 0.6 is 0 Å². The Morgan fingerprint density at radius 2 is 0.429 bits per heavy atom. The quantitative estimate of drug-likeness (QED) is 0.386. The molecule has 7 heteroatoms. The normalized spacial score (nSPS) is 0. The predicted octanol–water partition coefficient (Wildman–Crippen LogP) is -6.49. The van der Waals surface area contributed by atoms with Crippen molar-refractivity contribution in [3.63, 3.8) is 0 Å². The summed E-state index contributed by atoms with van der Waals surface area (Å²) in [6.07, 6.45) is 0.